The minimum atomic E-state index is 0.316. The van der Waals surface area contributed by atoms with Gasteiger partial charge in [-0.15, -0.1) is 0 Å². The molecule has 0 bridgehead atoms. The molecule has 2 saturated heterocycles. The predicted molar refractivity (Wildman–Crippen MR) is 90.4 cm³/mol. The van der Waals surface area contributed by atoms with Gasteiger partial charge >= 0.3 is 0 Å². The van der Waals surface area contributed by atoms with Crippen molar-refractivity contribution in [3.63, 3.8) is 0 Å². The van der Waals surface area contributed by atoms with Crippen molar-refractivity contribution in [2.45, 2.75) is 0 Å². The number of hydrogen-bond acceptors (Lipinski definition) is 3. The average Bonchev–Trinajstić information content (AvgIpc) is 2.99. The van der Waals surface area contributed by atoms with Crippen molar-refractivity contribution in [2.24, 2.45) is 17.8 Å². The highest BCUT2D eigenvalue weighted by Gasteiger charge is 2.57. The summed E-state index contributed by atoms with van der Waals surface area (Å²) in [6, 6.07) is 8.54. The van der Waals surface area contributed by atoms with E-state index in [2.05, 4.69) is 44.4 Å². The third-order valence-electron chi connectivity index (χ3n) is 5.88. The van der Waals surface area contributed by atoms with E-state index >= 15 is 0 Å². The van der Waals surface area contributed by atoms with Crippen LogP contribution in [0.2, 0.25) is 0 Å². The molecule has 1 unspecified atom stereocenters. The Morgan fingerprint density at radius 3 is 2.61 bits per heavy atom. The maximum absolute atomic E-state index is 12.7. The van der Waals surface area contributed by atoms with Crippen molar-refractivity contribution in [1.29, 1.82) is 0 Å². The Labute approximate surface area is 135 Å². The van der Waals surface area contributed by atoms with Gasteiger partial charge in [0.1, 0.15) is 0 Å². The zero-order valence-corrected chi connectivity index (χ0v) is 13.2. The monoisotopic (exact) mass is 310 g/mol. The summed E-state index contributed by atoms with van der Waals surface area (Å²) in [5, 5.41) is 4.64. The number of hydrogen-bond donors (Lipinski definition) is 2. The quantitative estimate of drug-likeness (QED) is 0.879. The normalized spacial score (nSPS) is 29.8. The van der Waals surface area contributed by atoms with Crippen LogP contribution in [0.5, 0.6) is 0 Å². The van der Waals surface area contributed by atoms with E-state index in [1.807, 2.05) is 6.20 Å². The average molecular weight is 310 g/mol. The SMILES string of the molecule is O=C(C1[C@H]2CNC[C@@H]12)N1CCN(c2cccc3[nH]ccc23)CC1. The lowest BCUT2D eigenvalue weighted by molar-refractivity contribution is -0.133. The van der Waals surface area contributed by atoms with E-state index in [4.69, 9.17) is 0 Å². The second kappa shape index (κ2) is 4.99. The molecule has 5 nitrogen and oxygen atoms in total. The van der Waals surface area contributed by atoms with Gasteiger partial charge < -0.3 is 20.1 Å². The van der Waals surface area contributed by atoms with Gasteiger partial charge in [0.05, 0.1) is 0 Å². The summed E-state index contributed by atoms with van der Waals surface area (Å²) in [7, 11) is 0. The number of aromatic nitrogens is 1. The molecule has 3 atom stereocenters. The molecule has 3 fully saturated rings. The second-order valence-electron chi connectivity index (χ2n) is 7.04. The number of aromatic amines is 1. The van der Waals surface area contributed by atoms with Gasteiger partial charge in [0, 0.05) is 54.9 Å². The molecule has 23 heavy (non-hydrogen) atoms. The minimum Gasteiger partial charge on any atom is -0.367 e. The molecule has 3 aliphatic rings. The van der Waals surface area contributed by atoms with Gasteiger partial charge in [-0.05, 0) is 43.1 Å². The second-order valence-corrected chi connectivity index (χ2v) is 7.04. The number of anilines is 1. The van der Waals surface area contributed by atoms with E-state index in [1.54, 1.807) is 0 Å². The van der Waals surface area contributed by atoms with Gasteiger partial charge in [-0.3, -0.25) is 4.79 Å². The van der Waals surface area contributed by atoms with Crippen LogP contribution in [0, 0.1) is 17.8 Å². The van der Waals surface area contributed by atoms with Crippen molar-refractivity contribution in [3.8, 4) is 0 Å². The number of H-pyrrole nitrogens is 1. The van der Waals surface area contributed by atoms with E-state index in [1.165, 1.54) is 16.6 Å². The molecule has 1 aromatic carbocycles. The molecule has 3 heterocycles. The first-order valence-corrected chi connectivity index (χ1v) is 8.63. The topological polar surface area (TPSA) is 51.4 Å². The van der Waals surface area contributed by atoms with Crippen LogP contribution in [0.1, 0.15) is 0 Å². The number of carbonyl (C=O) groups is 1. The Bertz CT molecular complexity index is 736. The van der Waals surface area contributed by atoms with E-state index in [9.17, 15) is 4.79 Å². The molecule has 1 aromatic heterocycles. The Kier molecular flexibility index (Phi) is 2.92. The number of piperazine rings is 1. The molecule has 1 amide bonds. The van der Waals surface area contributed by atoms with Gasteiger partial charge in [0.2, 0.25) is 5.91 Å². The maximum atomic E-state index is 12.7. The molecule has 2 aromatic rings. The highest BCUT2D eigenvalue weighted by molar-refractivity contribution is 5.92. The predicted octanol–water partition coefficient (Wildman–Crippen LogP) is 1.28. The zero-order chi connectivity index (χ0) is 15.4. The number of benzene rings is 1. The summed E-state index contributed by atoms with van der Waals surface area (Å²) < 4.78 is 0. The van der Waals surface area contributed by atoms with E-state index in [-0.39, 0.29) is 0 Å². The van der Waals surface area contributed by atoms with Gasteiger partial charge in [0.15, 0.2) is 0 Å². The number of rotatable bonds is 2. The standard InChI is InChI=1S/C18H22N4O/c23-18(17-13-10-19-11-14(13)17)22-8-6-21(7-9-22)16-3-1-2-15-12(16)4-5-20-15/h1-5,13-14,17,19-20H,6-11H2/t13-,14+,17?. The molecule has 0 spiro atoms. The highest BCUT2D eigenvalue weighted by atomic mass is 16.2. The summed E-state index contributed by atoms with van der Waals surface area (Å²) >= 11 is 0. The number of nitrogens with zero attached hydrogens (tertiary/aromatic N) is 2. The Morgan fingerprint density at radius 1 is 1.04 bits per heavy atom. The van der Waals surface area contributed by atoms with Crippen LogP contribution in [0.4, 0.5) is 5.69 Å². The van der Waals surface area contributed by atoms with Crippen molar-refractivity contribution < 1.29 is 4.79 Å². The largest absolute Gasteiger partial charge is 0.367 e. The maximum Gasteiger partial charge on any atom is 0.226 e. The highest BCUT2D eigenvalue weighted by Crippen LogP contribution is 2.49. The van der Waals surface area contributed by atoms with Gasteiger partial charge in [-0.2, -0.15) is 0 Å². The van der Waals surface area contributed by atoms with Crippen LogP contribution in [0.3, 0.4) is 0 Å². The summed E-state index contributed by atoms with van der Waals surface area (Å²) in [5.41, 5.74) is 2.46. The molecule has 5 heteroatoms. The van der Waals surface area contributed by atoms with Crippen LogP contribution in [-0.2, 0) is 4.79 Å². The zero-order valence-electron chi connectivity index (χ0n) is 13.2. The van der Waals surface area contributed by atoms with Crippen LogP contribution in [-0.4, -0.2) is 55.1 Å². The molecule has 1 aliphatic carbocycles. The number of amides is 1. The fourth-order valence-electron chi connectivity index (χ4n) is 4.51. The van der Waals surface area contributed by atoms with Crippen molar-refractivity contribution >= 4 is 22.5 Å². The van der Waals surface area contributed by atoms with Crippen LogP contribution in [0.15, 0.2) is 30.5 Å². The van der Waals surface area contributed by atoms with E-state index in [0.717, 1.165) is 39.3 Å². The van der Waals surface area contributed by atoms with Gasteiger partial charge in [0.25, 0.3) is 0 Å². The number of fused-ring (bicyclic) bond motifs is 2. The smallest absolute Gasteiger partial charge is 0.226 e. The lowest BCUT2D eigenvalue weighted by Crippen LogP contribution is -2.49. The number of piperidine rings is 1. The van der Waals surface area contributed by atoms with Crippen molar-refractivity contribution in [3.05, 3.63) is 30.5 Å². The van der Waals surface area contributed by atoms with Crippen LogP contribution >= 0.6 is 0 Å². The van der Waals surface area contributed by atoms with E-state index in [0.29, 0.717) is 23.7 Å². The molecule has 5 rings (SSSR count). The summed E-state index contributed by atoms with van der Waals surface area (Å²) in [5.74, 6) is 1.96. The molecule has 2 N–H and O–H groups in total. The lowest BCUT2D eigenvalue weighted by Gasteiger charge is -2.36. The first-order valence-electron chi connectivity index (χ1n) is 8.63. The Morgan fingerprint density at radius 2 is 1.83 bits per heavy atom. The van der Waals surface area contributed by atoms with Crippen LogP contribution in [0.25, 0.3) is 10.9 Å². The third-order valence-corrected chi connectivity index (χ3v) is 5.88. The van der Waals surface area contributed by atoms with E-state index < -0.39 is 0 Å². The van der Waals surface area contributed by atoms with Gasteiger partial charge in [-0.1, -0.05) is 6.07 Å². The Balaban J connectivity index is 1.27. The summed E-state index contributed by atoms with van der Waals surface area (Å²) in [6.45, 7) is 5.63. The molecule has 1 saturated carbocycles. The fourth-order valence-corrected chi connectivity index (χ4v) is 4.51. The van der Waals surface area contributed by atoms with Crippen LogP contribution < -0.4 is 10.2 Å². The van der Waals surface area contributed by atoms with Gasteiger partial charge in [-0.25, -0.2) is 0 Å². The molecular formula is C18H22N4O. The van der Waals surface area contributed by atoms with Crippen molar-refractivity contribution in [2.75, 3.05) is 44.2 Å². The summed E-state index contributed by atoms with van der Waals surface area (Å²) in [6.07, 6.45) is 1.99. The Hall–Kier alpha value is -2.01. The fraction of sp³-hybridized carbons (Fsp3) is 0.500. The lowest BCUT2D eigenvalue weighted by atomic mass is 10.1. The summed E-state index contributed by atoms with van der Waals surface area (Å²) in [4.78, 5) is 20.4. The number of carbonyl (C=O) groups excluding carboxylic acids is 1. The first-order chi connectivity index (χ1) is 11.3. The molecule has 0 radical (unpaired) electrons. The number of nitrogens with one attached hydrogen (secondary N) is 2. The molecular weight excluding hydrogens is 288 g/mol. The third kappa shape index (κ3) is 2.06. The minimum absolute atomic E-state index is 0.316. The molecule has 2 aliphatic heterocycles. The first kappa shape index (κ1) is 13.4. The molecule has 120 valence electrons. The van der Waals surface area contributed by atoms with Crippen molar-refractivity contribution in [1.82, 2.24) is 15.2 Å².